The van der Waals surface area contributed by atoms with E-state index in [0.29, 0.717) is 6.04 Å². The summed E-state index contributed by atoms with van der Waals surface area (Å²) in [5.74, 6) is 0. The third-order valence-electron chi connectivity index (χ3n) is 4.46. The molecule has 0 bridgehead atoms. The molecule has 0 unspecified atom stereocenters. The minimum Gasteiger partial charge on any atom is -0.391 e. The lowest BCUT2D eigenvalue weighted by Gasteiger charge is -2.22. The van der Waals surface area contributed by atoms with E-state index < -0.39 is 0 Å². The first-order valence-electron chi connectivity index (χ1n) is 8.05. The fourth-order valence-electron chi connectivity index (χ4n) is 3.26. The summed E-state index contributed by atoms with van der Waals surface area (Å²) in [4.78, 5) is 6.51. The predicted octanol–water partition coefficient (Wildman–Crippen LogP) is 1.86. The summed E-state index contributed by atoms with van der Waals surface area (Å²) in [5.41, 5.74) is 1.24. The van der Waals surface area contributed by atoms with Gasteiger partial charge in [-0.05, 0) is 32.8 Å². The van der Waals surface area contributed by atoms with Crippen molar-refractivity contribution < 1.29 is 5.11 Å². The number of hydrogen-bond donors (Lipinski definition) is 1. The Labute approximate surface area is 131 Å². The first-order chi connectivity index (χ1) is 10.6. The number of hydrogen-bond acceptors (Lipinski definition) is 4. The van der Waals surface area contributed by atoms with Crippen molar-refractivity contribution in [2.75, 3.05) is 13.1 Å². The van der Waals surface area contributed by atoms with Crippen LogP contribution in [0.5, 0.6) is 0 Å². The molecule has 0 saturated carbocycles. The minimum absolute atomic E-state index is 0.127. The molecule has 1 N–H and O–H groups in total. The Morgan fingerprint density at radius 2 is 2.09 bits per heavy atom. The number of imidazole rings is 1. The van der Waals surface area contributed by atoms with Crippen molar-refractivity contribution in [3.05, 3.63) is 36.7 Å². The van der Waals surface area contributed by atoms with E-state index in [1.807, 2.05) is 17.0 Å². The molecule has 22 heavy (non-hydrogen) atoms. The molecule has 0 amide bonds. The first-order valence-corrected chi connectivity index (χ1v) is 8.05. The zero-order valence-electron chi connectivity index (χ0n) is 13.3. The molecule has 1 aliphatic heterocycles. The zero-order valence-corrected chi connectivity index (χ0v) is 13.3. The van der Waals surface area contributed by atoms with Crippen LogP contribution in [0.4, 0.5) is 0 Å². The van der Waals surface area contributed by atoms with Crippen LogP contribution in [0.25, 0.3) is 0 Å². The van der Waals surface area contributed by atoms with Gasteiger partial charge in [0.25, 0.3) is 0 Å². The number of aromatic nitrogens is 4. The molecule has 3 rings (SSSR count). The molecule has 2 atom stereocenters. The zero-order chi connectivity index (χ0) is 15.5. The lowest BCUT2D eigenvalue weighted by molar-refractivity contribution is 0.107. The number of aliphatic hydroxyl groups excluding tert-OH is 1. The maximum atomic E-state index is 10.4. The summed E-state index contributed by atoms with van der Waals surface area (Å²) >= 11 is 0. The van der Waals surface area contributed by atoms with Gasteiger partial charge in [-0.3, -0.25) is 9.58 Å². The van der Waals surface area contributed by atoms with E-state index in [2.05, 4.69) is 39.6 Å². The molecule has 120 valence electrons. The Bertz CT molecular complexity index is 577. The van der Waals surface area contributed by atoms with Gasteiger partial charge in [-0.25, -0.2) is 4.98 Å². The van der Waals surface area contributed by atoms with E-state index >= 15 is 0 Å². The van der Waals surface area contributed by atoms with Gasteiger partial charge in [-0.1, -0.05) is 0 Å². The number of nitrogens with zero attached hydrogens (tertiary/aromatic N) is 5. The van der Waals surface area contributed by atoms with Gasteiger partial charge in [-0.2, -0.15) is 5.10 Å². The van der Waals surface area contributed by atoms with E-state index in [1.54, 1.807) is 12.5 Å². The van der Waals surface area contributed by atoms with Crippen LogP contribution in [-0.2, 0) is 6.54 Å². The Kier molecular flexibility index (Phi) is 4.59. The average Bonchev–Trinajstić information content (AvgIpc) is 3.12. The van der Waals surface area contributed by atoms with Gasteiger partial charge in [0.05, 0.1) is 24.2 Å². The second kappa shape index (κ2) is 6.62. The second-order valence-corrected chi connectivity index (χ2v) is 6.36. The fourth-order valence-corrected chi connectivity index (χ4v) is 3.26. The number of likely N-dealkylation sites (tertiary alicyclic amines) is 1. The molecule has 0 aliphatic carbocycles. The normalized spacial score (nSPS) is 23.8. The molecule has 1 aliphatic rings. The Morgan fingerprint density at radius 1 is 1.27 bits per heavy atom. The van der Waals surface area contributed by atoms with Gasteiger partial charge in [0.15, 0.2) is 0 Å². The molecule has 2 aromatic heterocycles. The van der Waals surface area contributed by atoms with Gasteiger partial charge in [-0.15, -0.1) is 0 Å². The monoisotopic (exact) mass is 303 g/mol. The molecule has 1 fully saturated rings. The predicted molar refractivity (Wildman–Crippen MR) is 84.4 cm³/mol. The third kappa shape index (κ3) is 3.23. The SMILES string of the molecule is CC(C)n1nccc1CN1CC[C@H](O)[C@@H](n2ccnc2)CC1. The maximum absolute atomic E-state index is 10.4. The van der Waals surface area contributed by atoms with Crippen molar-refractivity contribution in [2.24, 2.45) is 0 Å². The van der Waals surface area contributed by atoms with Crippen LogP contribution >= 0.6 is 0 Å². The van der Waals surface area contributed by atoms with Crippen LogP contribution in [0.15, 0.2) is 31.0 Å². The van der Waals surface area contributed by atoms with E-state index in [4.69, 9.17) is 0 Å². The topological polar surface area (TPSA) is 59.1 Å². The van der Waals surface area contributed by atoms with Crippen molar-refractivity contribution in [1.29, 1.82) is 0 Å². The Hall–Kier alpha value is -1.66. The molecule has 6 heteroatoms. The van der Waals surface area contributed by atoms with Crippen LogP contribution in [0.2, 0.25) is 0 Å². The van der Waals surface area contributed by atoms with E-state index in [9.17, 15) is 5.11 Å². The van der Waals surface area contributed by atoms with Crippen molar-refractivity contribution in [3.63, 3.8) is 0 Å². The van der Waals surface area contributed by atoms with Crippen LogP contribution < -0.4 is 0 Å². The van der Waals surface area contributed by atoms with Gasteiger partial charge < -0.3 is 9.67 Å². The van der Waals surface area contributed by atoms with Crippen LogP contribution in [0.3, 0.4) is 0 Å². The number of rotatable bonds is 4. The molecule has 6 nitrogen and oxygen atoms in total. The molecular formula is C16H25N5O. The van der Waals surface area contributed by atoms with Crippen molar-refractivity contribution in [3.8, 4) is 0 Å². The van der Waals surface area contributed by atoms with Gasteiger partial charge in [0.1, 0.15) is 0 Å². The highest BCUT2D eigenvalue weighted by atomic mass is 16.3. The smallest absolute Gasteiger partial charge is 0.0949 e. The Morgan fingerprint density at radius 3 is 2.82 bits per heavy atom. The fraction of sp³-hybridized carbons (Fsp3) is 0.625. The highest BCUT2D eigenvalue weighted by Gasteiger charge is 2.26. The summed E-state index contributed by atoms with van der Waals surface area (Å²) in [6, 6.07) is 2.60. The highest BCUT2D eigenvalue weighted by Crippen LogP contribution is 2.24. The first kappa shape index (κ1) is 15.2. The lowest BCUT2D eigenvalue weighted by Crippen LogP contribution is -2.26. The van der Waals surface area contributed by atoms with Crippen molar-refractivity contribution >= 4 is 0 Å². The highest BCUT2D eigenvalue weighted by molar-refractivity contribution is 5.02. The summed E-state index contributed by atoms with van der Waals surface area (Å²) in [6.45, 7) is 7.08. The molecule has 0 spiro atoms. The standard InChI is InChI=1S/C16H25N5O/c1-13(2)21-14(3-6-18-21)11-19-8-4-15(16(22)5-9-19)20-10-7-17-12-20/h3,6-7,10,12-13,15-16,22H,4-5,8-9,11H2,1-2H3/t15-,16-/m0/s1. The molecule has 0 radical (unpaired) electrons. The summed E-state index contributed by atoms with van der Waals surface area (Å²) in [7, 11) is 0. The van der Waals surface area contributed by atoms with Gasteiger partial charge in [0.2, 0.25) is 0 Å². The van der Waals surface area contributed by atoms with E-state index in [1.165, 1.54) is 5.69 Å². The largest absolute Gasteiger partial charge is 0.391 e. The molecule has 3 heterocycles. The number of aliphatic hydroxyl groups is 1. The van der Waals surface area contributed by atoms with Crippen molar-refractivity contribution in [1.82, 2.24) is 24.2 Å². The maximum Gasteiger partial charge on any atom is 0.0949 e. The summed E-state index contributed by atoms with van der Waals surface area (Å²) in [6.07, 6.45) is 8.81. The third-order valence-corrected chi connectivity index (χ3v) is 4.46. The molecule has 1 saturated heterocycles. The van der Waals surface area contributed by atoms with Crippen LogP contribution in [0, 0.1) is 0 Å². The van der Waals surface area contributed by atoms with Crippen LogP contribution in [0.1, 0.15) is 44.5 Å². The molecule has 2 aromatic rings. The minimum atomic E-state index is -0.311. The second-order valence-electron chi connectivity index (χ2n) is 6.36. The van der Waals surface area contributed by atoms with Crippen molar-refractivity contribution in [2.45, 2.75) is 51.4 Å². The van der Waals surface area contributed by atoms with Gasteiger partial charge in [0, 0.05) is 44.3 Å². The van der Waals surface area contributed by atoms with Crippen LogP contribution in [-0.4, -0.2) is 48.5 Å². The molecular weight excluding hydrogens is 278 g/mol. The quantitative estimate of drug-likeness (QED) is 0.936. The molecule has 0 aromatic carbocycles. The summed E-state index contributed by atoms with van der Waals surface area (Å²) in [5, 5.41) is 14.8. The van der Waals surface area contributed by atoms with Gasteiger partial charge >= 0.3 is 0 Å². The Balaban J connectivity index is 1.66. The average molecular weight is 303 g/mol. The summed E-state index contributed by atoms with van der Waals surface area (Å²) < 4.78 is 4.11. The lowest BCUT2D eigenvalue weighted by atomic mass is 10.1. The van der Waals surface area contributed by atoms with E-state index in [0.717, 1.165) is 32.5 Å². The van der Waals surface area contributed by atoms with E-state index in [-0.39, 0.29) is 12.1 Å².